The molecule has 2 aromatic rings. The topological polar surface area (TPSA) is 33.2 Å². The van der Waals surface area contributed by atoms with E-state index in [4.69, 9.17) is 11.6 Å². The first-order valence-corrected chi connectivity index (χ1v) is 6.89. The zero-order valence-corrected chi connectivity index (χ0v) is 11.9. The molecule has 1 heterocycles. The minimum absolute atomic E-state index is 0.0184. The third kappa shape index (κ3) is 2.87. The monoisotopic (exact) mass is 276 g/mol. The van der Waals surface area contributed by atoms with Gasteiger partial charge in [-0.25, -0.2) is 4.98 Å². The number of pyridine rings is 1. The molecule has 0 spiro atoms. The number of aromatic nitrogens is 1. The van der Waals surface area contributed by atoms with Crippen molar-refractivity contribution in [1.29, 1.82) is 0 Å². The molecule has 0 N–H and O–H groups in total. The van der Waals surface area contributed by atoms with Gasteiger partial charge in [-0.1, -0.05) is 36.7 Å². The van der Waals surface area contributed by atoms with Crippen molar-refractivity contribution in [3.8, 4) is 0 Å². The molecule has 0 radical (unpaired) electrons. The van der Waals surface area contributed by atoms with Gasteiger partial charge >= 0.3 is 0 Å². The Morgan fingerprint density at radius 2 is 2.05 bits per heavy atom. The summed E-state index contributed by atoms with van der Waals surface area (Å²) in [5, 5.41) is 1.21. The van der Waals surface area contributed by atoms with Crippen LogP contribution in [0.15, 0.2) is 30.3 Å². The number of carbonyl (C=O) groups is 1. The van der Waals surface area contributed by atoms with Crippen molar-refractivity contribution in [2.24, 2.45) is 0 Å². The Bertz CT molecular complexity index is 598. The normalized spacial score (nSPS) is 10.7. The van der Waals surface area contributed by atoms with Crippen LogP contribution in [-0.4, -0.2) is 28.9 Å². The van der Waals surface area contributed by atoms with Gasteiger partial charge in [0.2, 0.25) is 0 Å². The Morgan fingerprint density at radius 1 is 1.32 bits per heavy atom. The summed E-state index contributed by atoms with van der Waals surface area (Å²) in [6, 6.07) is 9.23. The van der Waals surface area contributed by atoms with Crippen molar-refractivity contribution in [2.45, 2.75) is 20.3 Å². The molecule has 0 aliphatic rings. The number of amides is 1. The first kappa shape index (κ1) is 13.8. The quantitative estimate of drug-likeness (QED) is 0.797. The molecule has 0 saturated heterocycles. The molecule has 0 saturated carbocycles. The molecule has 1 aromatic carbocycles. The van der Waals surface area contributed by atoms with Crippen LogP contribution in [0.25, 0.3) is 10.9 Å². The van der Waals surface area contributed by atoms with Crippen LogP contribution >= 0.6 is 11.6 Å². The molecule has 19 heavy (non-hydrogen) atoms. The van der Waals surface area contributed by atoms with Gasteiger partial charge in [-0.15, -0.1) is 0 Å². The van der Waals surface area contributed by atoms with Crippen molar-refractivity contribution in [3.63, 3.8) is 0 Å². The van der Waals surface area contributed by atoms with E-state index in [-0.39, 0.29) is 5.91 Å². The summed E-state index contributed by atoms with van der Waals surface area (Å²) in [5.74, 6) is 0.0184. The number of halogens is 1. The molecular weight excluding hydrogens is 260 g/mol. The molecule has 0 aliphatic carbocycles. The number of hydrogen-bond acceptors (Lipinski definition) is 2. The minimum Gasteiger partial charge on any atom is -0.339 e. The maximum atomic E-state index is 12.6. The van der Waals surface area contributed by atoms with E-state index >= 15 is 0 Å². The predicted octanol–water partition coefficient (Wildman–Crippen LogP) is 3.76. The average molecular weight is 277 g/mol. The van der Waals surface area contributed by atoms with Crippen LogP contribution in [0.1, 0.15) is 30.6 Å². The molecule has 3 nitrogen and oxygen atoms in total. The van der Waals surface area contributed by atoms with Gasteiger partial charge in [-0.2, -0.15) is 0 Å². The highest BCUT2D eigenvalue weighted by atomic mass is 35.5. The predicted molar refractivity (Wildman–Crippen MR) is 78.6 cm³/mol. The second-order valence-electron chi connectivity index (χ2n) is 4.39. The first-order chi connectivity index (χ1) is 9.17. The summed E-state index contributed by atoms with van der Waals surface area (Å²) >= 11 is 6.01. The van der Waals surface area contributed by atoms with Gasteiger partial charge in [0.1, 0.15) is 5.15 Å². The summed E-state index contributed by atoms with van der Waals surface area (Å²) in [7, 11) is 0. The van der Waals surface area contributed by atoms with Crippen LogP contribution in [0.3, 0.4) is 0 Å². The van der Waals surface area contributed by atoms with E-state index in [9.17, 15) is 4.79 Å². The molecule has 0 unspecified atom stereocenters. The second kappa shape index (κ2) is 6.02. The first-order valence-electron chi connectivity index (χ1n) is 6.52. The fourth-order valence-electron chi connectivity index (χ4n) is 2.16. The Labute approximate surface area is 118 Å². The third-order valence-corrected chi connectivity index (χ3v) is 3.27. The van der Waals surface area contributed by atoms with E-state index in [0.29, 0.717) is 17.3 Å². The summed E-state index contributed by atoms with van der Waals surface area (Å²) < 4.78 is 0. The summed E-state index contributed by atoms with van der Waals surface area (Å²) in [6.07, 6.45) is 0.941. The number of hydrogen-bond donors (Lipinski definition) is 0. The lowest BCUT2D eigenvalue weighted by Crippen LogP contribution is -2.31. The molecule has 2 rings (SSSR count). The fourth-order valence-corrected chi connectivity index (χ4v) is 2.36. The molecule has 100 valence electrons. The highest BCUT2D eigenvalue weighted by Crippen LogP contribution is 2.22. The Balaban J connectivity index is 2.52. The summed E-state index contributed by atoms with van der Waals surface area (Å²) in [4.78, 5) is 18.6. The van der Waals surface area contributed by atoms with E-state index in [1.807, 2.05) is 36.1 Å². The highest BCUT2D eigenvalue weighted by Gasteiger charge is 2.17. The molecule has 0 fully saturated rings. The molecule has 1 amide bonds. The number of carbonyl (C=O) groups excluding carboxylic acids is 1. The zero-order valence-electron chi connectivity index (χ0n) is 11.2. The maximum Gasteiger partial charge on any atom is 0.254 e. The summed E-state index contributed by atoms with van der Waals surface area (Å²) in [6.45, 7) is 5.50. The van der Waals surface area contributed by atoms with Crippen LogP contribution in [0.2, 0.25) is 5.15 Å². The van der Waals surface area contributed by atoms with E-state index < -0.39 is 0 Å². The molecule has 0 bridgehead atoms. The Kier molecular flexibility index (Phi) is 4.38. The van der Waals surface area contributed by atoms with Crippen molar-refractivity contribution < 1.29 is 4.79 Å². The van der Waals surface area contributed by atoms with Crippen molar-refractivity contribution >= 4 is 28.4 Å². The average Bonchev–Trinajstić information content (AvgIpc) is 2.43. The van der Waals surface area contributed by atoms with Crippen LogP contribution in [0, 0.1) is 0 Å². The van der Waals surface area contributed by atoms with Crippen molar-refractivity contribution in [2.75, 3.05) is 13.1 Å². The molecule has 0 atom stereocenters. The second-order valence-corrected chi connectivity index (χ2v) is 4.78. The van der Waals surface area contributed by atoms with E-state index in [2.05, 4.69) is 11.9 Å². The van der Waals surface area contributed by atoms with Crippen LogP contribution in [-0.2, 0) is 0 Å². The SMILES string of the molecule is CCCN(CC)C(=O)c1cc(Cl)nc2ccccc12. The fraction of sp³-hybridized carbons (Fsp3) is 0.333. The van der Waals surface area contributed by atoms with Gasteiger partial charge in [0, 0.05) is 18.5 Å². The number of nitrogens with zero attached hydrogens (tertiary/aromatic N) is 2. The molecular formula is C15H17ClN2O. The summed E-state index contributed by atoms with van der Waals surface area (Å²) in [5.41, 5.74) is 1.39. The van der Waals surface area contributed by atoms with Gasteiger partial charge in [0.25, 0.3) is 5.91 Å². The largest absolute Gasteiger partial charge is 0.339 e. The molecule has 0 aliphatic heterocycles. The Morgan fingerprint density at radius 3 is 2.74 bits per heavy atom. The lowest BCUT2D eigenvalue weighted by Gasteiger charge is -2.21. The van der Waals surface area contributed by atoms with Gasteiger partial charge in [-0.05, 0) is 25.5 Å². The van der Waals surface area contributed by atoms with E-state index in [0.717, 1.165) is 23.9 Å². The number of rotatable bonds is 4. The zero-order chi connectivity index (χ0) is 13.8. The Hall–Kier alpha value is -1.61. The van der Waals surface area contributed by atoms with Crippen molar-refractivity contribution in [3.05, 3.63) is 41.0 Å². The smallest absolute Gasteiger partial charge is 0.254 e. The van der Waals surface area contributed by atoms with Gasteiger partial charge < -0.3 is 4.90 Å². The van der Waals surface area contributed by atoms with Crippen LogP contribution in [0.4, 0.5) is 0 Å². The van der Waals surface area contributed by atoms with Crippen LogP contribution in [0.5, 0.6) is 0 Å². The lowest BCUT2D eigenvalue weighted by molar-refractivity contribution is 0.0766. The maximum absolute atomic E-state index is 12.6. The highest BCUT2D eigenvalue weighted by molar-refractivity contribution is 6.30. The minimum atomic E-state index is 0.0184. The standard InChI is InChI=1S/C15H17ClN2O/c1-3-9-18(4-2)15(19)12-10-14(16)17-13-8-6-5-7-11(12)13/h5-8,10H,3-4,9H2,1-2H3. The number of para-hydroxylation sites is 1. The number of fused-ring (bicyclic) bond motifs is 1. The van der Waals surface area contributed by atoms with Gasteiger partial charge in [-0.3, -0.25) is 4.79 Å². The lowest BCUT2D eigenvalue weighted by atomic mass is 10.1. The van der Waals surface area contributed by atoms with Crippen molar-refractivity contribution in [1.82, 2.24) is 9.88 Å². The molecule has 4 heteroatoms. The molecule has 1 aromatic heterocycles. The number of benzene rings is 1. The van der Waals surface area contributed by atoms with E-state index in [1.165, 1.54) is 0 Å². The van der Waals surface area contributed by atoms with Gasteiger partial charge in [0.05, 0.1) is 11.1 Å². The third-order valence-electron chi connectivity index (χ3n) is 3.08. The van der Waals surface area contributed by atoms with Crippen LogP contribution < -0.4 is 0 Å². The van der Waals surface area contributed by atoms with Gasteiger partial charge in [0.15, 0.2) is 0 Å². The van der Waals surface area contributed by atoms with E-state index in [1.54, 1.807) is 6.07 Å².